The molecule has 1 aromatic heterocycles. The summed E-state index contributed by atoms with van der Waals surface area (Å²) in [6, 6.07) is 0.848. The summed E-state index contributed by atoms with van der Waals surface area (Å²) >= 11 is 0. The summed E-state index contributed by atoms with van der Waals surface area (Å²) in [4.78, 5) is 25.1. The van der Waals surface area contributed by atoms with Crippen LogP contribution in [0.2, 0.25) is 0 Å². The van der Waals surface area contributed by atoms with Gasteiger partial charge in [-0.05, 0) is 12.8 Å². The number of nitrogens with one attached hydrogen (secondary N) is 1. The Morgan fingerprint density at radius 1 is 1.50 bits per heavy atom. The van der Waals surface area contributed by atoms with Gasteiger partial charge in [-0.25, -0.2) is 9.78 Å². The molecule has 0 aromatic carbocycles. The molecule has 2 unspecified atom stereocenters. The number of carboxylic acids is 1. The summed E-state index contributed by atoms with van der Waals surface area (Å²) in [7, 11) is 0. The fourth-order valence-electron chi connectivity index (χ4n) is 2.33. The Morgan fingerprint density at radius 3 is 2.80 bits per heavy atom. The van der Waals surface area contributed by atoms with Crippen LogP contribution in [0.3, 0.4) is 0 Å². The number of hydrogen-bond donors (Lipinski definition) is 3. The van der Waals surface area contributed by atoms with Crippen LogP contribution in [0.1, 0.15) is 36.0 Å². The molecule has 0 saturated heterocycles. The predicted molar refractivity (Wildman–Crippen MR) is 71.7 cm³/mol. The second-order valence-electron chi connectivity index (χ2n) is 4.85. The number of anilines is 1. The fraction of sp³-hybridized carbons (Fsp3) is 0.500. The molecule has 20 heavy (non-hydrogen) atoms. The zero-order valence-electron chi connectivity index (χ0n) is 10.8. The average Bonchev–Trinajstić information content (AvgIpc) is 2.41. The first kappa shape index (κ1) is 14.2. The predicted octanol–water partition coefficient (Wildman–Crippen LogP) is 1.37. The van der Waals surface area contributed by atoms with Crippen molar-refractivity contribution >= 4 is 17.5 Å². The van der Waals surface area contributed by atoms with Gasteiger partial charge in [-0.1, -0.05) is 12.8 Å². The Hall–Kier alpha value is -2.22. The molecule has 0 aliphatic heterocycles. The molecule has 2 rings (SSSR count). The highest BCUT2D eigenvalue weighted by atomic mass is 16.6. The second kappa shape index (κ2) is 5.83. The molecule has 0 radical (unpaired) electrons. The third-order valence-electron chi connectivity index (χ3n) is 3.45. The molecule has 2 atom stereocenters. The Labute approximate surface area is 115 Å². The number of pyridine rings is 1. The number of carbonyl (C=O) groups is 1. The van der Waals surface area contributed by atoms with Crippen LogP contribution in [0.25, 0.3) is 0 Å². The van der Waals surface area contributed by atoms with Crippen LogP contribution in [0, 0.1) is 10.1 Å². The number of aromatic nitrogens is 1. The molecule has 8 nitrogen and oxygen atoms in total. The maximum absolute atomic E-state index is 11.0. The van der Waals surface area contributed by atoms with E-state index in [9.17, 15) is 14.9 Å². The second-order valence-corrected chi connectivity index (χ2v) is 4.85. The van der Waals surface area contributed by atoms with Crippen molar-refractivity contribution < 1.29 is 14.8 Å². The molecule has 4 N–H and O–H groups in total. The zero-order chi connectivity index (χ0) is 14.7. The first-order valence-corrected chi connectivity index (χ1v) is 6.39. The zero-order valence-corrected chi connectivity index (χ0v) is 10.8. The standard InChI is InChI=1S/C12H16N4O4/c13-8-3-1-2-4-9(8)15-11-10(16(19)20)5-7(6-14-11)12(17)18/h5-6,8-9H,1-4,13H2,(H,14,15)(H,17,18). The van der Waals surface area contributed by atoms with Gasteiger partial charge in [0, 0.05) is 24.3 Å². The van der Waals surface area contributed by atoms with Gasteiger partial charge in [0.25, 0.3) is 0 Å². The maximum atomic E-state index is 11.0. The number of hydrogen-bond acceptors (Lipinski definition) is 6. The van der Waals surface area contributed by atoms with Crippen LogP contribution < -0.4 is 11.1 Å². The van der Waals surface area contributed by atoms with Crippen molar-refractivity contribution in [2.75, 3.05) is 5.32 Å². The number of nitrogens with zero attached hydrogens (tertiary/aromatic N) is 2. The highest BCUT2D eigenvalue weighted by Gasteiger charge is 2.26. The largest absolute Gasteiger partial charge is 0.478 e. The Bertz CT molecular complexity index is 534. The fourth-order valence-corrected chi connectivity index (χ4v) is 2.33. The van der Waals surface area contributed by atoms with E-state index in [1.165, 1.54) is 0 Å². The lowest BCUT2D eigenvalue weighted by Gasteiger charge is -2.29. The number of carboxylic acid groups (broad SMARTS) is 1. The topological polar surface area (TPSA) is 131 Å². The lowest BCUT2D eigenvalue weighted by molar-refractivity contribution is -0.384. The SMILES string of the molecule is NC1CCCCC1Nc1ncc(C(=O)O)cc1[N+](=O)[O-]. The van der Waals surface area contributed by atoms with E-state index >= 15 is 0 Å². The monoisotopic (exact) mass is 280 g/mol. The van der Waals surface area contributed by atoms with Crippen molar-refractivity contribution in [3.63, 3.8) is 0 Å². The molecule has 1 fully saturated rings. The van der Waals surface area contributed by atoms with E-state index in [2.05, 4.69) is 10.3 Å². The summed E-state index contributed by atoms with van der Waals surface area (Å²) in [5, 5.41) is 22.8. The van der Waals surface area contributed by atoms with Crippen molar-refractivity contribution in [2.45, 2.75) is 37.8 Å². The third kappa shape index (κ3) is 3.02. The van der Waals surface area contributed by atoms with E-state index in [-0.39, 0.29) is 29.2 Å². The summed E-state index contributed by atoms with van der Waals surface area (Å²) < 4.78 is 0. The van der Waals surface area contributed by atoms with E-state index < -0.39 is 10.9 Å². The van der Waals surface area contributed by atoms with Crippen molar-refractivity contribution in [2.24, 2.45) is 5.73 Å². The van der Waals surface area contributed by atoms with Crippen LogP contribution >= 0.6 is 0 Å². The van der Waals surface area contributed by atoms with Gasteiger partial charge in [-0.3, -0.25) is 10.1 Å². The summed E-state index contributed by atoms with van der Waals surface area (Å²) in [5.74, 6) is -1.18. The molecule has 0 bridgehead atoms. The molecule has 8 heteroatoms. The normalized spacial score (nSPS) is 22.2. The Balaban J connectivity index is 2.26. The van der Waals surface area contributed by atoms with Crippen LogP contribution in [0.15, 0.2) is 12.3 Å². The number of nitrogens with two attached hydrogens (primary N) is 1. The van der Waals surface area contributed by atoms with Gasteiger partial charge < -0.3 is 16.2 Å². The molecule has 0 amide bonds. The van der Waals surface area contributed by atoms with Crippen LogP contribution in [-0.2, 0) is 0 Å². The van der Waals surface area contributed by atoms with Gasteiger partial charge in [0.05, 0.1) is 10.5 Å². The number of aromatic carboxylic acids is 1. The molecule has 1 aliphatic rings. The molecule has 1 saturated carbocycles. The van der Waals surface area contributed by atoms with Gasteiger partial charge in [0.1, 0.15) is 0 Å². The Kier molecular flexibility index (Phi) is 4.14. The van der Waals surface area contributed by atoms with Gasteiger partial charge in [-0.15, -0.1) is 0 Å². The van der Waals surface area contributed by atoms with E-state index in [0.717, 1.165) is 37.9 Å². The summed E-state index contributed by atoms with van der Waals surface area (Å²) in [6.45, 7) is 0. The summed E-state index contributed by atoms with van der Waals surface area (Å²) in [5.41, 5.74) is 5.42. The molecule has 1 aromatic rings. The maximum Gasteiger partial charge on any atom is 0.337 e. The van der Waals surface area contributed by atoms with Crippen molar-refractivity contribution in [3.8, 4) is 0 Å². The van der Waals surface area contributed by atoms with Gasteiger partial charge >= 0.3 is 11.7 Å². The third-order valence-corrected chi connectivity index (χ3v) is 3.45. The van der Waals surface area contributed by atoms with Crippen molar-refractivity contribution in [1.29, 1.82) is 0 Å². The quantitative estimate of drug-likeness (QED) is 0.560. The lowest BCUT2D eigenvalue weighted by atomic mass is 9.91. The average molecular weight is 280 g/mol. The molecular formula is C12H16N4O4. The smallest absolute Gasteiger partial charge is 0.337 e. The van der Waals surface area contributed by atoms with E-state index in [1.807, 2.05) is 0 Å². The molecule has 1 aliphatic carbocycles. The lowest BCUT2D eigenvalue weighted by Crippen LogP contribution is -2.42. The number of nitro groups is 1. The van der Waals surface area contributed by atoms with Gasteiger partial charge in [0.2, 0.25) is 5.82 Å². The molecular weight excluding hydrogens is 264 g/mol. The van der Waals surface area contributed by atoms with E-state index in [4.69, 9.17) is 10.8 Å². The van der Waals surface area contributed by atoms with E-state index in [0.29, 0.717) is 0 Å². The van der Waals surface area contributed by atoms with Crippen LogP contribution in [0.5, 0.6) is 0 Å². The van der Waals surface area contributed by atoms with Crippen LogP contribution in [-0.4, -0.2) is 33.1 Å². The minimum Gasteiger partial charge on any atom is -0.478 e. The molecule has 108 valence electrons. The molecule has 1 heterocycles. The van der Waals surface area contributed by atoms with Crippen molar-refractivity contribution in [1.82, 2.24) is 4.98 Å². The first-order chi connectivity index (χ1) is 9.49. The molecule has 0 spiro atoms. The summed E-state index contributed by atoms with van der Waals surface area (Å²) in [6.07, 6.45) is 4.84. The first-order valence-electron chi connectivity index (χ1n) is 6.39. The van der Waals surface area contributed by atoms with Gasteiger partial charge in [-0.2, -0.15) is 0 Å². The minimum absolute atomic E-state index is 0.0716. The van der Waals surface area contributed by atoms with Crippen molar-refractivity contribution in [3.05, 3.63) is 27.9 Å². The Morgan fingerprint density at radius 2 is 2.20 bits per heavy atom. The highest BCUT2D eigenvalue weighted by Crippen LogP contribution is 2.27. The number of rotatable bonds is 4. The minimum atomic E-state index is -1.25. The van der Waals surface area contributed by atoms with E-state index in [1.54, 1.807) is 0 Å². The highest BCUT2D eigenvalue weighted by molar-refractivity contribution is 5.88. The van der Waals surface area contributed by atoms with Gasteiger partial charge in [0.15, 0.2) is 0 Å². The van der Waals surface area contributed by atoms with Crippen LogP contribution in [0.4, 0.5) is 11.5 Å².